The van der Waals surface area contributed by atoms with E-state index in [-0.39, 0.29) is 6.04 Å². The predicted octanol–water partition coefficient (Wildman–Crippen LogP) is 3.71. The summed E-state index contributed by atoms with van der Waals surface area (Å²) >= 11 is 0. The van der Waals surface area contributed by atoms with Crippen LogP contribution in [0.1, 0.15) is 50.1 Å². The molecule has 2 aromatic rings. The van der Waals surface area contributed by atoms with Crippen LogP contribution in [0.15, 0.2) is 36.8 Å². The van der Waals surface area contributed by atoms with E-state index >= 15 is 0 Å². The zero-order chi connectivity index (χ0) is 15.2. The Labute approximate surface area is 128 Å². The highest BCUT2D eigenvalue weighted by molar-refractivity contribution is 5.31. The number of nitrogens with zero attached hydrogens (tertiary/aromatic N) is 2. The second kappa shape index (κ2) is 7.41. The first-order valence-corrected chi connectivity index (χ1v) is 7.90. The number of imidazole rings is 1. The van der Waals surface area contributed by atoms with Gasteiger partial charge in [0.15, 0.2) is 0 Å². The van der Waals surface area contributed by atoms with Crippen molar-refractivity contribution in [3.63, 3.8) is 0 Å². The third-order valence-electron chi connectivity index (χ3n) is 3.68. The Bertz CT molecular complexity index is 557. The molecular weight excluding hydrogens is 258 g/mol. The number of rotatable bonds is 7. The molecule has 0 aliphatic rings. The summed E-state index contributed by atoms with van der Waals surface area (Å²) in [6, 6.07) is 9.16. The van der Waals surface area contributed by atoms with Gasteiger partial charge in [0.25, 0.3) is 0 Å². The lowest BCUT2D eigenvalue weighted by atomic mass is 9.97. The van der Waals surface area contributed by atoms with Gasteiger partial charge < -0.3 is 9.88 Å². The molecule has 1 aromatic heterocycles. The minimum absolute atomic E-state index is 0.213. The molecule has 114 valence electrons. The van der Waals surface area contributed by atoms with Gasteiger partial charge >= 0.3 is 0 Å². The Morgan fingerprint density at radius 2 is 2.10 bits per heavy atom. The van der Waals surface area contributed by atoms with Crippen LogP contribution in [0.4, 0.5) is 0 Å². The Hall–Kier alpha value is -1.61. The third kappa shape index (κ3) is 4.18. The first-order valence-electron chi connectivity index (χ1n) is 7.90. The SMILES string of the molecule is CCCNC(c1cccc(CC(C)C)c1)c1cncn1C. The highest BCUT2D eigenvalue weighted by atomic mass is 15.1. The highest BCUT2D eigenvalue weighted by Gasteiger charge is 2.16. The van der Waals surface area contributed by atoms with E-state index in [9.17, 15) is 0 Å². The van der Waals surface area contributed by atoms with Gasteiger partial charge in [-0.15, -0.1) is 0 Å². The molecule has 0 aliphatic carbocycles. The van der Waals surface area contributed by atoms with Crippen molar-refractivity contribution < 1.29 is 0 Å². The van der Waals surface area contributed by atoms with Crippen molar-refractivity contribution in [1.82, 2.24) is 14.9 Å². The predicted molar refractivity (Wildman–Crippen MR) is 88.3 cm³/mol. The van der Waals surface area contributed by atoms with E-state index in [0.29, 0.717) is 5.92 Å². The van der Waals surface area contributed by atoms with E-state index in [1.807, 2.05) is 12.5 Å². The van der Waals surface area contributed by atoms with Gasteiger partial charge in [0.2, 0.25) is 0 Å². The van der Waals surface area contributed by atoms with Gasteiger partial charge in [0.1, 0.15) is 0 Å². The first kappa shape index (κ1) is 15.8. The van der Waals surface area contributed by atoms with E-state index in [1.54, 1.807) is 0 Å². The number of benzene rings is 1. The Balaban J connectivity index is 2.30. The number of hydrogen-bond donors (Lipinski definition) is 1. The van der Waals surface area contributed by atoms with Crippen LogP contribution < -0.4 is 5.32 Å². The van der Waals surface area contributed by atoms with E-state index in [4.69, 9.17) is 0 Å². The first-order chi connectivity index (χ1) is 10.1. The van der Waals surface area contributed by atoms with Crippen molar-refractivity contribution in [2.75, 3.05) is 6.54 Å². The maximum absolute atomic E-state index is 4.27. The van der Waals surface area contributed by atoms with Crippen LogP contribution in [0.5, 0.6) is 0 Å². The van der Waals surface area contributed by atoms with Gasteiger partial charge in [0.05, 0.1) is 24.3 Å². The summed E-state index contributed by atoms with van der Waals surface area (Å²) in [6.07, 6.45) is 6.08. The molecule has 1 unspecified atom stereocenters. The zero-order valence-corrected chi connectivity index (χ0v) is 13.6. The summed E-state index contributed by atoms with van der Waals surface area (Å²) in [4.78, 5) is 4.27. The number of nitrogens with one attached hydrogen (secondary N) is 1. The molecule has 2 rings (SSSR count). The molecule has 0 bridgehead atoms. The van der Waals surface area contributed by atoms with Gasteiger partial charge in [-0.2, -0.15) is 0 Å². The maximum Gasteiger partial charge on any atom is 0.0946 e. The molecular formula is C18H27N3. The molecule has 3 nitrogen and oxygen atoms in total. The monoisotopic (exact) mass is 285 g/mol. The second-order valence-corrected chi connectivity index (χ2v) is 6.16. The normalized spacial score (nSPS) is 12.8. The molecule has 0 saturated heterocycles. The lowest BCUT2D eigenvalue weighted by Gasteiger charge is -2.20. The fourth-order valence-corrected chi connectivity index (χ4v) is 2.70. The summed E-state index contributed by atoms with van der Waals surface area (Å²) in [5.74, 6) is 0.680. The maximum atomic E-state index is 4.27. The number of aryl methyl sites for hydroxylation is 1. The van der Waals surface area contributed by atoms with Gasteiger partial charge in [-0.3, -0.25) is 0 Å². The quantitative estimate of drug-likeness (QED) is 0.840. The molecule has 1 aromatic carbocycles. The largest absolute Gasteiger partial charge is 0.336 e. The van der Waals surface area contributed by atoms with Gasteiger partial charge in [-0.1, -0.05) is 45.0 Å². The molecule has 0 radical (unpaired) electrons. The van der Waals surface area contributed by atoms with Crippen LogP contribution in [0.3, 0.4) is 0 Å². The molecule has 3 heteroatoms. The van der Waals surface area contributed by atoms with Crippen molar-refractivity contribution in [2.24, 2.45) is 13.0 Å². The summed E-state index contributed by atoms with van der Waals surface area (Å²) < 4.78 is 2.10. The van der Waals surface area contributed by atoms with Crippen molar-refractivity contribution >= 4 is 0 Å². The summed E-state index contributed by atoms with van der Waals surface area (Å²) in [7, 11) is 2.06. The third-order valence-corrected chi connectivity index (χ3v) is 3.68. The van der Waals surface area contributed by atoms with E-state index in [2.05, 4.69) is 67.0 Å². The second-order valence-electron chi connectivity index (χ2n) is 6.16. The van der Waals surface area contributed by atoms with E-state index in [1.165, 1.54) is 16.8 Å². The average Bonchev–Trinajstić information content (AvgIpc) is 2.85. The van der Waals surface area contributed by atoms with Crippen molar-refractivity contribution in [2.45, 2.75) is 39.7 Å². The van der Waals surface area contributed by atoms with E-state index < -0.39 is 0 Å². The molecule has 1 atom stereocenters. The smallest absolute Gasteiger partial charge is 0.0946 e. The molecule has 1 heterocycles. The van der Waals surface area contributed by atoms with Crippen LogP contribution in [-0.2, 0) is 13.5 Å². The molecule has 0 amide bonds. The molecule has 0 aliphatic heterocycles. The van der Waals surface area contributed by atoms with Crippen LogP contribution in [-0.4, -0.2) is 16.1 Å². The topological polar surface area (TPSA) is 29.9 Å². The molecule has 0 fully saturated rings. The standard InChI is InChI=1S/C18H27N3/c1-5-9-20-18(17-12-19-13-21(17)4)16-8-6-7-15(11-16)10-14(2)3/h6-8,11-14,18,20H,5,9-10H2,1-4H3. The van der Waals surface area contributed by atoms with Gasteiger partial charge in [-0.05, 0) is 36.4 Å². The molecule has 0 spiro atoms. The zero-order valence-electron chi connectivity index (χ0n) is 13.6. The highest BCUT2D eigenvalue weighted by Crippen LogP contribution is 2.23. The van der Waals surface area contributed by atoms with Crippen LogP contribution in [0.25, 0.3) is 0 Å². The minimum Gasteiger partial charge on any atom is -0.336 e. The van der Waals surface area contributed by atoms with Crippen molar-refractivity contribution in [3.05, 3.63) is 53.6 Å². The lowest BCUT2D eigenvalue weighted by Crippen LogP contribution is -2.25. The minimum atomic E-state index is 0.213. The molecule has 0 saturated carbocycles. The van der Waals surface area contributed by atoms with Crippen LogP contribution in [0, 0.1) is 5.92 Å². The number of hydrogen-bond acceptors (Lipinski definition) is 2. The molecule has 1 N–H and O–H groups in total. The average molecular weight is 285 g/mol. The molecule has 21 heavy (non-hydrogen) atoms. The van der Waals surface area contributed by atoms with Crippen LogP contribution in [0.2, 0.25) is 0 Å². The van der Waals surface area contributed by atoms with E-state index in [0.717, 1.165) is 19.4 Å². The Kier molecular flexibility index (Phi) is 5.57. The van der Waals surface area contributed by atoms with Crippen LogP contribution >= 0.6 is 0 Å². The van der Waals surface area contributed by atoms with Crippen molar-refractivity contribution in [1.29, 1.82) is 0 Å². The van der Waals surface area contributed by atoms with Gasteiger partial charge in [0, 0.05) is 7.05 Å². The Morgan fingerprint density at radius 3 is 2.71 bits per heavy atom. The number of aromatic nitrogens is 2. The fraction of sp³-hybridized carbons (Fsp3) is 0.500. The summed E-state index contributed by atoms with van der Waals surface area (Å²) in [5, 5.41) is 3.65. The van der Waals surface area contributed by atoms with Crippen molar-refractivity contribution in [3.8, 4) is 0 Å². The van der Waals surface area contributed by atoms with Gasteiger partial charge in [-0.25, -0.2) is 4.98 Å². The Morgan fingerprint density at radius 1 is 1.29 bits per heavy atom. The summed E-state index contributed by atoms with van der Waals surface area (Å²) in [5.41, 5.74) is 3.95. The lowest BCUT2D eigenvalue weighted by molar-refractivity contribution is 0.568. The fourth-order valence-electron chi connectivity index (χ4n) is 2.70. The summed E-state index contributed by atoms with van der Waals surface area (Å²) in [6.45, 7) is 7.73.